The molecule has 1 fully saturated rings. The van der Waals surface area contributed by atoms with Gasteiger partial charge in [0, 0.05) is 25.8 Å². The van der Waals surface area contributed by atoms with Crippen molar-refractivity contribution < 1.29 is 14.3 Å². The molecule has 9 heteroatoms. The van der Waals surface area contributed by atoms with E-state index in [-0.39, 0.29) is 29.9 Å². The zero-order chi connectivity index (χ0) is 21.7. The van der Waals surface area contributed by atoms with Crippen LogP contribution in [0.25, 0.3) is 0 Å². The lowest BCUT2D eigenvalue weighted by Gasteiger charge is -2.43. The molecule has 0 radical (unpaired) electrons. The number of benzene rings is 1. The summed E-state index contributed by atoms with van der Waals surface area (Å²) in [6, 6.07) is 8.39. The first-order valence-corrected chi connectivity index (χ1v) is 10.4. The molecule has 1 aliphatic rings. The van der Waals surface area contributed by atoms with Gasteiger partial charge in [0.15, 0.2) is 0 Å². The average Bonchev–Trinajstić information content (AvgIpc) is 2.73. The number of piperazine rings is 1. The molecule has 1 saturated heterocycles. The summed E-state index contributed by atoms with van der Waals surface area (Å²) in [7, 11) is 0. The van der Waals surface area contributed by atoms with Crippen molar-refractivity contribution in [1.29, 1.82) is 0 Å². The number of anilines is 2. The highest BCUT2D eigenvalue weighted by Gasteiger charge is 2.33. The third-order valence-electron chi connectivity index (χ3n) is 5.05. The van der Waals surface area contributed by atoms with Crippen LogP contribution in [-0.2, 0) is 4.74 Å². The van der Waals surface area contributed by atoms with Gasteiger partial charge in [-0.3, -0.25) is 0 Å². The number of hydrogen-bond acceptors (Lipinski definition) is 6. The second kappa shape index (κ2) is 9.75. The van der Waals surface area contributed by atoms with Gasteiger partial charge in [0.25, 0.3) is 0 Å². The first-order chi connectivity index (χ1) is 14.4. The lowest BCUT2D eigenvalue weighted by atomic mass is 10.00. The number of urea groups is 1. The zero-order valence-electron chi connectivity index (χ0n) is 17.3. The van der Waals surface area contributed by atoms with E-state index in [1.165, 1.54) is 0 Å². The van der Waals surface area contributed by atoms with Crippen molar-refractivity contribution in [2.75, 3.05) is 36.5 Å². The molecule has 1 aromatic heterocycles. The van der Waals surface area contributed by atoms with Gasteiger partial charge in [-0.25, -0.2) is 19.6 Å². The van der Waals surface area contributed by atoms with Gasteiger partial charge in [0.1, 0.15) is 5.82 Å². The molecule has 2 aromatic rings. The molecular weight excluding hydrogens is 406 g/mol. The summed E-state index contributed by atoms with van der Waals surface area (Å²) in [6.07, 6.45) is 1.63. The highest BCUT2D eigenvalue weighted by atomic mass is 35.5. The number of amides is 2. The molecule has 1 atom stereocenters. The lowest BCUT2D eigenvalue weighted by Crippen LogP contribution is -2.58. The zero-order valence-corrected chi connectivity index (χ0v) is 18.1. The van der Waals surface area contributed by atoms with Crippen molar-refractivity contribution in [3.63, 3.8) is 0 Å². The van der Waals surface area contributed by atoms with Crippen LogP contribution in [0, 0.1) is 5.92 Å². The van der Waals surface area contributed by atoms with Gasteiger partial charge in [-0.05, 0) is 42.6 Å². The third kappa shape index (κ3) is 4.99. The summed E-state index contributed by atoms with van der Waals surface area (Å²) >= 11 is 5.93. The smallest absolute Gasteiger partial charge is 0.340 e. The summed E-state index contributed by atoms with van der Waals surface area (Å²) in [5.74, 6) is 0.504. The Kier molecular flexibility index (Phi) is 7.10. The standard InChI is InChI=1S/C21H26ClN5O3/c1-4-30-19(28)15-7-5-6-8-16(15)24-21(29)27-12-11-26(13-17(27)14(2)3)18-9-10-23-20(22)25-18/h5-10,14,17H,4,11-13H2,1-3H3,(H,24,29). The number of hydrogen-bond donors (Lipinski definition) is 1. The molecular formula is C21H26ClN5O3. The van der Waals surface area contributed by atoms with Crippen molar-refractivity contribution in [1.82, 2.24) is 14.9 Å². The maximum atomic E-state index is 13.1. The van der Waals surface area contributed by atoms with Crippen LogP contribution in [0.4, 0.5) is 16.3 Å². The number of rotatable bonds is 5. The number of carbonyl (C=O) groups is 2. The summed E-state index contributed by atoms with van der Waals surface area (Å²) < 4.78 is 5.09. The Balaban J connectivity index is 1.76. The molecule has 0 aliphatic carbocycles. The highest BCUT2D eigenvalue weighted by molar-refractivity contribution is 6.28. The fourth-order valence-corrected chi connectivity index (χ4v) is 3.65. The minimum absolute atomic E-state index is 0.0396. The van der Waals surface area contributed by atoms with E-state index in [4.69, 9.17) is 16.3 Å². The Morgan fingerprint density at radius 1 is 1.27 bits per heavy atom. The number of ether oxygens (including phenoxy) is 1. The fraction of sp³-hybridized carbons (Fsp3) is 0.429. The number of nitrogens with zero attached hydrogens (tertiary/aromatic N) is 4. The van der Waals surface area contributed by atoms with Crippen molar-refractivity contribution in [3.8, 4) is 0 Å². The van der Waals surface area contributed by atoms with Crippen LogP contribution in [0.3, 0.4) is 0 Å². The Bertz CT molecular complexity index is 908. The van der Waals surface area contributed by atoms with Crippen LogP contribution in [0.1, 0.15) is 31.1 Å². The van der Waals surface area contributed by atoms with Gasteiger partial charge >= 0.3 is 12.0 Å². The van der Waals surface area contributed by atoms with E-state index in [1.54, 1.807) is 37.4 Å². The van der Waals surface area contributed by atoms with E-state index >= 15 is 0 Å². The van der Waals surface area contributed by atoms with E-state index in [0.29, 0.717) is 30.9 Å². The Morgan fingerprint density at radius 3 is 2.73 bits per heavy atom. The normalized spacial score (nSPS) is 16.5. The van der Waals surface area contributed by atoms with E-state index in [2.05, 4.69) is 34.0 Å². The molecule has 0 bridgehead atoms. The van der Waals surface area contributed by atoms with Crippen LogP contribution in [0.15, 0.2) is 36.5 Å². The van der Waals surface area contributed by atoms with Crippen LogP contribution in [0.2, 0.25) is 5.28 Å². The third-order valence-corrected chi connectivity index (χ3v) is 5.23. The molecule has 1 aliphatic heterocycles. The number of halogens is 1. The molecule has 1 aromatic carbocycles. The number of aromatic nitrogens is 2. The van der Waals surface area contributed by atoms with E-state index in [1.807, 2.05) is 11.0 Å². The predicted octanol–water partition coefficient (Wildman–Crippen LogP) is 3.69. The van der Waals surface area contributed by atoms with Crippen LogP contribution in [-0.4, -0.2) is 59.2 Å². The molecule has 30 heavy (non-hydrogen) atoms. The fourth-order valence-electron chi connectivity index (χ4n) is 3.51. The Hall–Kier alpha value is -2.87. The van der Waals surface area contributed by atoms with Crippen LogP contribution in [0.5, 0.6) is 0 Å². The quantitative estimate of drug-likeness (QED) is 0.573. The SMILES string of the molecule is CCOC(=O)c1ccccc1NC(=O)N1CCN(c2ccnc(Cl)n2)CC1C(C)C. The Labute approximate surface area is 181 Å². The van der Waals surface area contributed by atoms with Gasteiger partial charge < -0.3 is 19.9 Å². The van der Waals surface area contributed by atoms with Crippen LogP contribution < -0.4 is 10.2 Å². The molecule has 160 valence electrons. The summed E-state index contributed by atoms with van der Waals surface area (Å²) in [5.41, 5.74) is 0.775. The maximum Gasteiger partial charge on any atom is 0.340 e. The number of carbonyl (C=O) groups excluding carboxylic acids is 2. The average molecular weight is 432 g/mol. The summed E-state index contributed by atoms with van der Waals surface area (Å²) in [6.45, 7) is 7.92. The van der Waals surface area contributed by atoms with Gasteiger partial charge in [0.2, 0.25) is 5.28 Å². The molecule has 2 amide bonds. The number of nitrogens with one attached hydrogen (secondary N) is 1. The molecule has 2 heterocycles. The minimum Gasteiger partial charge on any atom is -0.462 e. The molecule has 3 rings (SSSR count). The van der Waals surface area contributed by atoms with Crippen molar-refractivity contribution in [2.24, 2.45) is 5.92 Å². The predicted molar refractivity (Wildman–Crippen MR) is 116 cm³/mol. The van der Waals surface area contributed by atoms with Crippen LogP contribution >= 0.6 is 11.6 Å². The second-order valence-electron chi connectivity index (χ2n) is 7.33. The van der Waals surface area contributed by atoms with Gasteiger partial charge in [0.05, 0.1) is 23.9 Å². The van der Waals surface area contributed by atoms with Crippen molar-refractivity contribution in [2.45, 2.75) is 26.8 Å². The number of esters is 1. The summed E-state index contributed by atoms with van der Waals surface area (Å²) in [4.78, 5) is 37.4. The molecule has 1 N–H and O–H groups in total. The first kappa shape index (κ1) is 21.8. The van der Waals surface area contributed by atoms with Gasteiger partial charge in [-0.2, -0.15) is 0 Å². The first-order valence-electron chi connectivity index (χ1n) is 9.98. The molecule has 0 spiro atoms. The minimum atomic E-state index is -0.459. The van der Waals surface area contributed by atoms with E-state index in [9.17, 15) is 9.59 Å². The van der Waals surface area contributed by atoms with Gasteiger partial charge in [-0.15, -0.1) is 0 Å². The van der Waals surface area contributed by atoms with Gasteiger partial charge in [-0.1, -0.05) is 26.0 Å². The maximum absolute atomic E-state index is 13.1. The van der Waals surface area contributed by atoms with E-state index < -0.39 is 5.97 Å². The molecule has 0 saturated carbocycles. The molecule has 1 unspecified atom stereocenters. The van der Waals surface area contributed by atoms with E-state index in [0.717, 1.165) is 5.82 Å². The van der Waals surface area contributed by atoms with Crippen molar-refractivity contribution >= 4 is 35.1 Å². The Morgan fingerprint density at radius 2 is 2.03 bits per heavy atom. The monoisotopic (exact) mass is 431 g/mol. The number of para-hydroxylation sites is 1. The summed E-state index contributed by atoms with van der Waals surface area (Å²) in [5, 5.41) is 3.09. The van der Waals surface area contributed by atoms with Crippen molar-refractivity contribution in [3.05, 3.63) is 47.4 Å². The molecule has 8 nitrogen and oxygen atoms in total. The largest absolute Gasteiger partial charge is 0.462 e. The lowest BCUT2D eigenvalue weighted by molar-refractivity contribution is 0.0527. The second-order valence-corrected chi connectivity index (χ2v) is 7.67. The topological polar surface area (TPSA) is 87.7 Å². The highest BCUT2D eigenvalue weighted by Crippen LogP contribution is 2.24.